The van der Waals surface area contributed by atoms with Gasteiger partial charge in [-0.25, -0.2) is 4.79 Å². The maximum atomic E-state index is 12.7. The molecule has 0 aliphatic heterocycles. The minimum atomic E-state index is -0.165. The average Bonchev–Trinajstić information content (AvgIpc) is 2.42. The largest absolute Gasteiger partial charge is 0.331 e. The molecular formula is C15H25N3O2. The fourth-order valence-electron chi connectivity index (χ4n) is 3.05. The first-order chi connectivity index (χ1) is 9.43. The number of nitrogens with zero attached hydrogens (tertiary/aromatic N) is 3. The first-order valence-electron chi connectivity index (χ1n) is 7.39. The fourth-order valence-corrected chi connectivity index (χ4v) is 3.05. The summed E-state index contributed by atoms with van der Waals surface area (Å²) in [5.41, 5.74) is 1.26. The van der Waals surface area contributed by atoms with E-state index in [1.807, 2.05) is 25.9 Å². The molecule has 20 heavy (non-hydrogen) atoms. The second kappa shape index (κ2) is 5.95. The van der Waals surface area contributed by atoms with Gasteiger partial charge in [0.1, 0.15) is 0 Å². The van der Waals surface area contributed by atoms with Crippen molar-refractivity contribution in [1.82, 2.24) is 14.0 Å². The van der Waals surface area contributed by atoms with Gasteiger partial charge in [0.05, 0.1) is 5.56 Å². The van der Waals surface area contributed by atoms with Crippen LogP contribution in [0.2, 0.25) is 0 Å². The molecule has 112 valence electrons. The van der Waals surface area contributed by atoms with E-state index in [4.69, 9.17) is 0 Å². The summed E-state index contributed by atoms with van der Waals surface area (Å²) in [5, 5.41) is 0. The van der Waals surface area contributed by atoms with Crippen LogP contribution in [-0.2, 0) is 13.6 Å². The van der Waals surface area contributed by atoms with Gasteiger partial charge in [0, 0.05) is 25.3 Å². The van der Waals surface area contributed by atoms with E-state index in [2.05, 4.69) is 0 Å². The van der Waals surface area contributed by atoms with Crippen LogP contribution < -0.4 is 11.2 Å². The predicted molar refractivity (Wildman–Crippen MR) is 80.2 cm³/mol. The van der Waals surface area contributed by atoms with Crippen LogP contribution in [0.5, 0.6) is 0 Å². The van der Waals surface area contributed by atoms with Crippen molar-refractivity contribution >= 4 is 0 Å². The zero-order valence-corrected chi connectivity index (χ0v) is 13.0. The van der Waals surface area contributed by atoms with Crippen molar-refractivity contribution in [1.29, 1.82) is 0 Å². The standard InChI is InChI=1S/C15H25N3O2/c1-11-13(10-16(2)3)14(19)18(15(20)17(11)4)12-8-6-5-7-9-12/h12H,5-10H2,1-4H3. The van der Waals surface area contributed by atoms with Gasteiger partial charge >= 0.3 is 5.69 Å². The van der Waals surface area contributed by atoms with Crippen molar-refractivity contribution in [3.63, 3.8) is 0 Å². The molecule has 5 nitrogen and oxygen atoms in total. The van der Waals surface area contributed by atoms with Crippen LogP contribution in [0, 0.1) is 6.92 Å². The van der Waals surface area contributed by atoms with E-state index >= 15 is 0 Å². The minimum absolute atomic E-state index is 0.0801. The summed E-state index contributed by atoms with van der Waals surface area (Å²) >= 11 is 0. The Morgan fingerprint density at radius 2 is 1.75 bits per heavy atom. The molecule has 0 N–H and O–H groups in total. The molecule has 1 aromatic heterocycles. The van der Waals surface area contributed by atoms with Gasteiger partial charge in [-0.05, 0) is 33.9 Å². The summed E-state index contributed by atoms with van der Waals surface area (Å²) in [6, 6.07) is 0.0801. The fraction of sp³-hybridized carbons (Fsp3) is 0.733. The lowest BCUT2D eigenvalue weighted by molar-refractivity contribution is 0.324. The molecule has 0 saturated heterocycles. The third-order valence-corrected chi connectivity index (χ3v) is 4.32. The van der Waals surface area contributed by atoms with Gasteiger partial charge in [-0.1, -0.05) is 19.3 Å². The monoisotopic (exact) mass is 279 g/mol. The Bertz CT molecular complexity index is 592. The SMILES string of the molecule is Cc1c(CN(C)C)c(=O)n(C2CCCCC2)c(=O)n1C. The Morgan fingerprint density at radius 1 is 1.15 bits per heavy atom. The highest BCUT2D eigenvalue weighted by atomic mass is 16.2. The van der Waals surface area contributed by atoms with Gasteiger partial charge in [-0.15, -0.1) is 0 Å². The van der Waals surface area contributed by atoms with Crippen LogP contribution in [0.15, 0.2) is 9.59 Å². The molecule has 0 radical (unpaired) electrons. The molecule has 0 aromatic carbocycles. The molecule has 2 rings (SSSR count). The van der Waals surface area contributed by atoms with E-state index in [9.17, 15) is 9.59 Å². The Kier molecular flexibility index (Phi) is 4.48. The van der Waals surface area contributed by atoms with Crippen LogP contribution in [0.1, 0.15) is 49.4 Å². The van der Waals surface area contributed by atoms with Gasteiger partial charge < -0.3 is 9.47 Å². The Balaban J connectivity index is 2.58. The van der Waals surface area contributed by atoms with E-state index in [0.29, 0.717) is 6.54 Å². The zero-order chi connectivity index (χ0) is 14.9. The lowest BCUT2D eigenvalue weighted by Gasteiger charge is -2.25. The number of hydrogen-bond donors (Lipinski definition) is 0. The van der Waals surface area contributed by atoms with E-state index in [-0.39, 0.29) is 17.3 Å². The van der Waals surface area contributed by atoms with Crippen molar-refractivity contribution in [3.05, 3.63) is 32.1 Å². The van der Waals surface area contributed by atoms with Crippen molar-refractivity contribution in [3.8, 4) is 0 Å². The highest BCUT2D eigenvalue weighted by Crippen LogP contribution is 2.26. The van der Waals surface area contributed by atoms with E-state index in [1.54, 1.807) is 11.6 Å². The topological polar surface area (TPSA) is 47.2 Å². The highest BCUT2D eigenvalue weighted by molar-refractivity contribution is 5.17. The predicted octanol–water partition coefficient (Wildman–Crippen LogP) is 1.42. The molecule has 1 aliphatic carbocycles. The maximum Gasteiger partial charge on any atom is 0.331 e. The van der Waals surface area contributed by atoms with Gasteiger partial charge in [0.25, 0.3) is 5.56 Å². The van der Waals surface area contributed by atoms with Crippen LogP contribution in [-0.4, -0.2) is 28.1 Å². The first-order valence-corrected chi connectivity index (χ1v) is 7.39. The quantitative estimate of drug-likeness (QED) is 0.841. The molecule has 0 spiro atoms. The molecule has 1 heterocycles. The van der Waals surface area contributed by atoms with Crippen LogP contribution in [0.4, 0.5) is 0 Å². The first kappa shape index (κ1) is 15.0. The molecule has 1 saturated carbocycles. The number of rotatable bonds is 3. The Morgan fingerprint density at radius 3 is 2.30 bits per heavy atom. The molecule has 1 fully saturated rings. The summed E-state index contributed by atoms with van der Waals surface area (Å²) in [6.45, 7) is 2.43. The lowest BCUT2D eigenvalue weighted by atomic mass is 9.95. The second-order valence-electron chi connectivity index (χ2n) is 6.11. The minimum Gasteiger partial charge on any atom is -0.305 e. The summed E-state index contributed by atoms with van der Waals surface area (Å²) in [5.74, 6) is 0. The van der Waals surface area contributed by atoms with Crippen molar-refractivity contribution in [2.45, 2.75) is 51.6 Å². The zero-order valence-electron chi connectivity index (χ0n) is 13.0. The lowest BCUT2D eigenvalue weighted by Crippen LogP contribution is -2.45. The van der Waals surface area contributed by atoms with Gasteiger partial charge in [-0.3, -0.25) is 9.36 Å². The van der Waals surface area contributed by atoms with E-state index in [0.717, 1.165) is 36.9 Å². The molecule has 1 aliphatic rings. The van der Waals surface area contributed by atoms with Crippen molar-refractivity contribution < 1.29 is 0 Å². The third kappa shape index (κ3) is 2.73. The number of hydrogen-bond acceptors (Lipinski definition) is 3. The Labute approximate surface area is 119 Å². The molecule has 1 aromatic rings. The number of aromatic nitrogens is 2. The van der Waals surface area contributed by atoms with E-state index in [1.165, 1.54) is 11.0 Å². The van der Waals surface area contributed by atoms with Crippen molar-refractivity contribution in [2.24, 2.45) is 7.05 Å². The Hall–Kier alpha value is -1.36. The van der Waals surface area contributed by atoms with Gasteiger partial charge in [0.15, 0.2) is 0 Å². The van der Waals surface area contributed by atoms with Crippen LogP contribution in [0.3, 0.4) is 0 Å². The molecular weight excluding hydrogens is 254 g/mol. The van der Waals surface area contributed by atoms with E-state index < -0.39 is 0 Å². The normalized spacial score (nSPS) is 16.9. The second-order valence-corrected chi connectivity index (χ2v) is 6.11. The van der Waals surface area contributed by atoms with Gasteiger partial charge in [-0.2, -0.15) is 0 Å². The van der Waals surface area contributed by atoms with Crippen molar-refractivity contribution in [2.75, 3.05) is 14.1 Å². The average molecular weight is 279 g/mol. The summed E-state index contributed by atoms with van der Waals surface area (Å²) in [4.78, 5) is 27.2. The summed E-state index contributed by atoms with van der Waals surface area (Å²) < 4.78 is 3.12. The third-order valence-electron chi connectivity index (χ3n) is 4.32. The summed E-state index contributed by atoms with van der Waals surface area (Å²) in [7, 11) is 5.64. The molecule has 5 heteroatoms. The van der Waals surface area contributed by atoms with Crippen LogP contribution >= 0.6 is 0 Å². The molecule has 0 unspecified atom stereocenters. The smallest absolute Gasteiger partial charge is 0.305 e. The summed E-state index contributed by atoms with van der Waals surface area (Å²) in [6.07, 6.45) is 5.31. The van der Waals surface area contributed by atoms with Gasteiger partial charge in [0.2, 0.25) is 0 Å². The van der Waals surface area contributed by atoms with Crippen LogP contribution in [0.25, 0.3) is 0 Å². The molecule has 0 bridgehead atoms. The maximum absolute atomic E-state index is 12.7. The highest BCUT2D eigenvalue weighted by Gasteiger charge is 2.22. The molecule has 0 atom stereocenters. The molecule has 0 amide bonds.